The van der Waals surface area contributed by atoms with Gasteiger partial charge in [-0.25, -0.2) is 0 Å². The molecule has 2 aromatic rings. The lowest BCUT2D eigenvalue weighted by molar-refractivity contribution is -0.120. The van der Waals surface area contributed by atoms with Crippen LogP contribution in [-0.2, 0) is 11.2 Å². The van der Waals surface area contributed by atoms with Crippen LogP contribution in [-0.4, -0.2) is 66.5 Å². The average molecular weight is 357 g/mol. The maximum Gasteiger partial charge on any atom is 0.224 e. The van der Waals surface area contributed by atoms with Crippen molar-refractivity contribution in [3.05, 3.63) is 36.0 Å². The van der Waals surface area contributed by atoms with E-state index in [1.54, 1.807) is 0 Å². The first kappa shape index (κ1) is 18.9. The summed E-state index contributed by atoms with van der Waals surface area (Å²) >= 11 is 0. The Morgan fingerprint density at radius 1 is 1.19 bits per heavy atom. The molecular formula is C21H32N4O. The normalized spacial score (nSPS) is 17.7. The standard InChI is InChI=1S/C21H32N4O/c1-16(2)12-18(25-10-8-24(3)9-11-25)15-23-21(26)13-17-14-22-20-7-5-4-6-19(17)20/h4-7,14,16,18,22H,8-13,15H2,1-3H3,(H,23,26). The van der Waals surface area contributed by atoms with Crippen LogP contribution in [0.5, 0.6) is 0 Å². The predicted octanol–water partition coefficient (Wildman–Crippen LogP) is 2.49. The summed E-state index contributed by atoms with van der Waals surface area (Å²) in [5.74, 6) is 0.739. The Morgan fingerprint density at radius 2 is 1.92 bits per heavy atom. The van der Waals surface area contributed by atoms with Crippen molar-refractivity contribution in [3.8, 4) is 0 Å². The van der Waals surface area contributed by atoms with Gasteiger partial charge in [0.05, 0.1) is 6.42 Å². The summed E-state index contributed by atoms with van der Waals surface area (Å²) in [5, 5.41) is 4.33. The van der Waals surface area contributed by atoms with E-state index in [1.165, 1.54) is 0 Å². The summed E-state index contributed by atoms with van der Waals surface area (Å²) in [6.07, 6.45) is 3.51. The topological polar surface area (TPSA) is 51.4 Å². The zero-order valence-corrected chi connectivity index (χ0v) is 16.3. The molecule has 5 nitrogen and oxygen atoms in total. The molecule has 142 valence electrons. The second-order valence-electron chi connectivity index (χ2n) is 7.96. The molecule has 1 atom stereocenters. The van der Waals surface area contributed by atoms with Crippen molar-refractivity contribution in [2.45, 2.75) is 32.7 Å². The summed E-state index contributed by atoms with van der Waals surface area (Å²) in [7, 11) is 2.18. The SMILES string of the molecule is CC(C)CC(CNC(=O)Cc1c[nH]c2ccccc12)N1CCN(C)CC1. The van der Waals surface area contributed by atoms with Crippen LogP contribution in [0.15, 0.2) is 30.5 Å². The van der Waals surface area contributed by atoms with Crippen molar-refractivity contribution in [2.75, 3.05) is 39.8 Å². The van der Waals surface area contributed by atoms with Crippen molar-refractivity contribution in [1.29, 1.82) is 0 Å². The zero-order chi connectivity index (χ0) is 18.5. The molecule has 5 heteroatoms. The number of nitrogens with one attached hydrogen (secondary N) is 2. The lowest BCUT2D eigenvalue weighted by atomic mass is 10.0. The molecule has 1 fully saturated rings. The van der Waals surface area contributed by atoms with Gasteiger partial charge >= 0.3 is 0 Å². The fourth-order valence-corrected chi connectivity index (χ4v) is 3.84. The van der Waals surface area contributed by atoms with Gasteiger partial charge in [0.15, 0.2) is 0 Å². The minimum Gasteiger partial charge on any atom is -0.361 e. The smallest absolute Gasteiger partial charge is 0.224 e. The molecule has 1 unspecified atom stereocenters. The van der Waals surface area contributed by atoms with E-state index in [0.29, 0.717) is 18.4 Å². The number of fused-ring (bicyclic) bond motifs is 1. The number of H-pyrrole nitrogens is 1. The van der Waals surface area contributed by atoms with Crippen molar-refractivity contribution in [1.82, 2.24) is 20.1 Å². The fraction of sp³-hybridized carbons (Fsp3) is 0.571. The highest BCUT2D eigenvalue weighted by Crippen LogP contribution is 2.18. The quantitative estimate of drug-likeness (QED) is 0.801. The van der Waals surface area contributed by atoms with Gasteiger partial charge in [0.25, 0.3) is 0 Å². The summed E-state index contributed by atoms with van der Waals surface area (Å²) in [5.41, 5.74) is 2.16. The zero-order valence-electron chi connectivity index (χ0n) is 16.3. The molecule has 0 saturated carbocycles. The first-order valence-corrected chi connectivity index (χ1v) is 9.77. The minimum atomic E-state index is 0.109. The van der Waals surface area contributed by atoms with Crippen molar-refractivity contribution < 1.29 is 4.79 Å². The minimum absolute atomic E-state index is 0.109. The number of hydrogen-bond donors (Lipinski definition) is 2. The van der Waals surface area contributed by atoms with Crippen LogP contribution in [0.3, 0.4) is 0 Å². The fourth-order valence-electron chi connectivity index (χ4n) is 3.84. The van der Waals surface area contributed by atoms with Gasteiger partial charge in [-0.15, -0.1) is 0 Å². The number of carbonyl (C=O) groups excluding carboxylic acids is 1. The van der Waals surface area contributed by atoms with E-state index < -0.39 is 0 Å². The van der Waals surface area contributed by atoms with Gasteiger partial charge in [-0.05, 0) is 31.0 Å². The number of aromatic nitrogens is 1. The van der Waals surface area contributed by atoms with E-state index in [2.05, 4.69) is 47.1 Å². The molecule has 0 bridgehead atoms. The Labute approximate surface area is 156 Å². The first-order valence-electron chi connectivity index (χ1n) is 9.77. The van der Waals surface area contributed by atoms with E-state index in [0.717, 1.165) is 55.6 Å². The van der Waals surface area contributed by atoms with Gasteiger partial charge in [0, 0.05) is 55.9 Å². The number of rotatable bonds is 7. The number of hydrogen-bond acceptors (Lipinski definition) is 3. The van der Waals surface area contributed by atoms with Gasteiger partial charge in [-0.3, -0.25) is 9.69 Å². The van der Waals surface area contributed by atoms with Gasteiger partial charge < -0.3 is 15.2 Å². The van der Waals surface area contributed by atoms with Gasteiger partial charge in [0.1, 0.15) is 0 Å². The molecule has 0 aliphatic carbocycles. The van der Waals surface area contributed by atoms with Crippen molar-refractivity contribution in [3.63, 3.8) is 0 Å². The summed E-state index contributed by atoms with van der Waals surface area (Å²) < 4.78 is 0. The second-order valence-corrected chi connectivity index (χ2v) is 7.96. The van der Waals surface area contributed by atoms with E-state index in [1.807, 2.05) is 24.4 Å². The van der Waals surface area contributed by atoms with E-state index in [9.17, 15) is 4.79 Å². The number of aromatic amines is 1. The third-order valence-electron chi connectivity index (χ3n) is 5.36. The maximum atomic E-state index is 12.5. The van der Waals surface area contributed by atoms with E-state index >= 15 is 0 Å². The van der Waals surface area contributed by atoms with Crippen LogP contribution in [0.2, 0.25) is 0 Å². The summed E-state index contributed by atoms with van der Waals surface area (Å²) in [6.45, 7) is 9.66. The van der Waals surface area contributed by atoms with E-state index in [-0.39, 0.29) is 5.91 Å². The Bertz CT molecular complexity index is 716. The van der Waals surface area contributed by atoms with Gasteiger partial charge in [0.2, 0.25) is 5.91 Å². The van der Waals surface area contributed by atoms with Crippen molar-refractivity contribution >= 4 is 16.8 Å². The lowest BCUT2D eigenvalue weighted by Gasteiger charge is -2.38. The largest absolute Gasteiger partial charge is 0.361 e. The molecule has 0 spiro atoms. The molecule has 1 saturated heterocycles. The van der Waals surface area contributed by atoms with Crippen LogP contribution in [0.25, 0.3) is 10.9 Å². The van der Waals surface area contributed by atoms with Crippen LogP contribution in [0.4, 0.5) is 0 Å². The highest BCUT2D eigenvalue weighted by atomic mass is 16.1. The van der Waals surface area contributed by atoms with Gasteiger partial charge in [-0.2, -0.15) is 0 Å². The average Bonchev–Trinajstić information content (AvgIpc) is 3.02. The number of carbonyl (C=O) groups is 1. The first-order chi connectivity index (χ1) is 12.5. The van der Waals surface area contributed by atoms with Crippen LogP contribution in [0, 0.1) is 5.92 Å². The van der Waals surface area contributed by atoms with Crippen LogP contribution < -0.4 is 5.32 Å². The molecular weight excluding hydrogens is 324 g/mol. The monoisotopic (exact) mass is 356 g/mol. The van der Waals surface area contributed by atoms with E-state index in [4.69, 9.17) is 0 Å². The molecule has 2 N–H and O–H groups in total. The number of para-hydroxylation sites is 1. The Balaban J connectivity index is 1.56. The Morgan fingerprint density at radius 3 is 2.65 bits per heavy atom. The Kier molecular flexibility index (Phi) is 6.33. The molecule has 1 aliphatic heterocycles. The van der Waals surface area contributed by atoms with Crippen LogP contribution in [0.1, 0.15) is 25.8 Å². The second kappa shape index (κ2) is 8.69. The molecule has 2 heterocycles. The lowest BCUT2D eigenvalue weighted by Crippen LogP contribution is -2.52. The molecule has 1 aromatic heterocycles. The summed E-state index contributed by atoms with van der Waals surface area (Å²) in [6, 6.07) is 8.57. The number of piperazine rings is 1. The number of nitrogens with zero attached hydrogens (tertiary/aromatic N) is 2. The highest BCUT2D eigenvalue weighted by molar-refractivity contribution is 5.88. The van der Waals surface area contributed by atoms with Gasteiger partial charge in [-0.1, -0.05) is 32.0 Å². The molecule has 1 aliphatic rings. The third-order valence-corrected chi connectivity index (χ3v) is 5.36. The predicted molar refractivity (Wildman–Crippen MR) is 107 cm³/mol. The maximum absolute atomic E-state index is 12.5. The number of amides is 1. The molecule has 1 amide bonds. The Hall–Kier alpha value is -1.85. The number of likely N-dealkylation sites (N-methyl/N-ethyl adjacent to an activating group) is 1. The summed E-state index contributed by atoms with van der Waals surface area (Å²) in [4.78, 5) is 20.7. The molecule has 1 aromatic carbocycles. The molecule has 0 radical (unpaired) electrons. The third kappa shape index (κ3) is 4.86. The molecule has 26 heavy (non-hydrogen) atoms. The van der Waals surface area contributed by atoms with Crippen LogP contribution >= 0.6 is 0 Å². The highest BCUT2D eigenvalue weighted by Gasteiger charge is 2.23. The molecule has 3 rings (SSSR count). The number of benzene rings is 1. The van der Waals surface area contributed by atoms with Crippen molar-refractivity contribution in [2.24, 2.45) is 5.92 Å².